The fourth-order valence-corrected chi connectivity index (χ4v) is 2.46. The van der Waals surface area contributed by atoms with E-state index in [1.54, 1.807) is 9.80 Å². The van der Waals surface area contributed by atoms with Crippen molar-refractivity contribution in [3.63, 3.8) is 0 Å². The summed E-state index contributed by atoms with van der Waals surface area (Å²) in [4.78, 5) is 37.8. The van der Waals surface area contributed by atoms with E-state index in [0.717, 1.165) is 19.3 Å². The molecule has 2 heterocycles. The largest absolute Gasteiger partial charge is 0.381 e. The molecule has 7 heteroatoms. The number of amides is 3. The van der Waals surface area contributed by atoms with Gasteiger partial charge in [-0.1, -0.05) is 0 Å². The maximum Gasteiger partial charge on any atom is 0.242 e. The molecule has 0 aromatic carbocycles. The van der Waals surface area contributed by atoms with Crippen molar-refractivity contribution in [2.75, 3.05) is 45.9 Å². The summed E-state index contributed by atoms with van der Waals surface area (Å²) in [6.07, 6.45) is 2.24. The fraction of sp³-hybridized carbons (Fsp3) is 0.769. The average Bonchev–Trinajstić information content (AvgIpc) is 2.53. The lowest BCUT2D eigenvalue weighted by atomic mass is 9.99. The van der Waals surface area contributed by atoms with Crippen LogP contribution in [0, 0.1) is 5.92 Å². The summed E-state index contributed by atoms with van der Waals surface area (Å²) in [7, 11) is 0. The van der Waals surface area contributed by atoms with Crippen molar-refractivity contribution in [3.05, 3.63) is 0 Å². The molecular weight excluding hydrogens is 262 g/mol. The molecule has 7 nitrogen and oxygen atoms in total. The number of rotatable bonds is 4. The van der Waals surface area contributed by atoms with Crippen LogP contribution in [0.4, 0.5) is 0 Å². The molecule has 1 N–H and O–H groups in total. The molecule has 2 fully saturated rings. The van der Waals surface area contributed by atoms with Crippen LogP contribution in [0.3, 0.4) is 0 Å². The van der Waals surface area contributed by atoms with Crippen molar-refractivity contribution < 1.29 is 19.1 Å². The van der Waals surface area contributed by atoms with Crippen LogP contribution in [0.2, 0.25) is 0 Å². The van der Waals surface area contributed by atoms with Gasteiger partial charge < -0.3 is 19.9 Å². The standard InChI is InChI=1S/C13H21N3O4/c17-10-15-3-5-16(6-4-15)12(18)9-14-13(19)11-1-7-20-8-2-11/h10-11H,1-9H2,(H,14,19). The van der Waals surface area contributed by atoms with Crippen LogP contribution in [0.1, 0.15) is 12.8 Å². The summed E-state index contributed by atoms with van der Waals surface area (Å²) >= 11 is 0. The smallest absolute Gasteiger partial charge is 0.242 e. The lowest BCUT2D eigenvalue weighted by Crippen LogP contribution is -2.51. The predicted molar refractivity (Wildman–Crippen MR) is 70.8 cm³/mol. The van der Waals surface area contributed by atoms with Crippen LogP contribution >= 0.6 is 0 Å². The van der Waals surface area contributed by atoms with Crippen LogP contribution in [-0.4, -0.2) is 74.0 Å². The van der Waals surface area contributed by atoms with E-state index in [2.05, 4.69) is 5.32 Å². The molecule has 20 heavy (non-hydrogen) atoms. The lowest BCUT2D eigenvalue weighted by molar-refractivity contribution is -0.137. The van der Waals surface area contributed by atoms with Gasteiger partial charge >= 0.3 is 0 Å². The molecule has 0 unspecified atom stereocenters. The zero-order valence-corrected chi connectivity index (χ0v) is 11.5. The quantitative estimate of drug-likeness (QED) is 0.659. The third-order valence-electron chi connectivity index (χ3n) is 3.82. The molecule has 112 valence electrons. The zero-order chi connectivity index (χ0) is 14.4. The lowest BCUT2D eigenvalue weighted by Gasteiger charge is -2.32. The highest BCUT2D eigenvalue weighted by Gasteiger charge is 2.24. The van der Waals surface area contributed by atoms with Gasteiger partial charge in [0.1, 0.15) is 0 Å². The van der Waals surface area contributed by atoms with Gasteiger partial charge in [-0.3, -0.25) is 14.4 Å². The molecule has 0 saturated carbocycles. The van der Waals surface area contributed by atoms with Crippen LogP contribution in [0.15, 0.2) is 0 Å². The van der Waals surface area contributed by atoms with Crippen LogP contribution in [0.25, 0.3) is 0 Å². The first-order valence-electron chi connectivity index (χ1n) is 7.03. The van der Waals surface area contributed by atoms with Gasteiger partial charge in [0.05, 0.1) is 6.54 Å². The Morgan fingerprint density at radius 3 is 2.40 bits per heavy atom. The molecule has 0 aliphatic carbocycles. The van der Waals surface area contributed by atoms with E-state index in [0.29, 0.717) is 39.4 Å². The van der Waals surface area contributed by atoms with Crippen molar-refractivity contribution in [2.45, 2.75) is 12.8 Å². The number of hydrogen-bond acceptors (Lipinski definition) is 4. The SMILES string of the molecule is O=CN1CCN(C(=O)CNC(=O)C2CCOCC2)CC1. The summed E-state index contributed by atoms with van der Waals surface area (Å²) in [5.74, 6) is -0.187. The topological polar surface area (TPSA) is 79.0 Å². The summed E-state index contributed by atoms with van der Waals surface area (Å²) in [6, 6.07) is 0. The van der Waals surface area contributed by atoms with Gasteiger partial charge in [-0.05, 0) is 12.8 Å². The molecule has 0 aromatic heterocycles. The van der Waals surface area contributed by atoms with Crippen LogP contribution in [-0.2, 0) is 19.1 Å². The van der Waals surface area contributed by atoms with Gasteiger partial charge in [0.25, 0.3) is 0 Å². The molecule has 0 bridgehead atoms. The maximum atomic E-state index is 12.0. The Hall–Kier alpha value is -1.63. The molecule has 0 aromatic rings. The second-order valence-corrected chi connectivity index (χ2v) is 5.13. The Kier molecular flexibility index (Phi) is 5.34. The highest BCUT2D eigenvalue weighted by Crippen LogP contribution is 2.14. The van der Waals surface area contributed by atoms with E-state index >= 15 is 0 Å². The number of ether oxygens (including phenoxy) is 1. The highest BCUT2D eigenvalue weighted by atomic mass is 16.5. The first-order valence-corrected chi connectivity index (χ1v) is 7.03. The first kappa shape index (κ1) is 14.8. The third-order valence-corrected chi connectivity index (χ3v) is 3.82. The van der Waals surface area contributed by atoms with Gasteiger partial charge in [-0.25, -0.2) is 0 Å². The molecule has 2 aliphatic heterocycles. The molecule has 0 spiro atoms. The van der Waals surface area contributed by atoms with Crippen LogP contribution < -0.4 is 5.32 Å². The number of piperazine rings is 1. The van der Waals surface area contributed by atoms with Crippen molar-refractivity contribution in [1.82, 2.24) is 15.1 Å². The van der Waals surface area contributed by atoms with Gasteiger partial charge in [0.15, 0.2) is 0 Å². The van der Waals surface area contributed by atoms with E-state index in [1.807, 2.05) is 0 Å². The normalized spacial score (nSPS) is 20.6. The maximum absolute atomic E-state index is 12.0. The minimum atomic E-state index is -0.0871. The second kappa shape index (κ2) is 7.23. The molecule has 3 amide bonds. The van der Waals surface area contributed by atoms with Gasteiger partial charge in [0.2, 0.25) is 18.2 Å². The van der Waals surface area contributed by atoms with Crippen molar-refractivity contribution >= 4 is 18.2 Å². The number of nitrogens with one attached hydrogen (secondary N) is 1. The van der Waals surface area contributed by atoms with E-state index in [9.17, 15) is 14.4 Å². The molecule has 0 radical (unpaired) electrons. The number of carbonyl (C=O) groups is 3. The highest BCUT2D eigenvalue weighted by molar-refractivity contribution is 5.86. The van der Waals surface area contributed by atoms with Crippen LogP contribution in [0.5, 0.6) is 0 Å². The average molecular weight is 283 g/mol. The van der Waals surface area contributed by atoms with E-state index in [4.69, 9.17) is 4.74 Å². The third kappa shape index (κ3) is 3.93. The van der Waals surface area contributed by atoms with E-state index in [1.165, 1.54) is 0 Å². The minimum Gasteiger partial charge on any atom is -0.381 e. The summed E-state index contributed by atoms with van der Waals surface area (Å²) < 4.78 is 5.20. The van der Waals surface area contributed by atoms with Gasteiger partial charge in [-0.15, -0.1) is 0 Å². The Morgan fingerprint density at radius 1 is 1.15 bits per heavy atom. The Balaban J connectivity index is 1.69. The summed E-state index contributed by atoms with van der Waals surface area (Å²) in [5.41, 5.74) is 0. The molecule has 2 aliphatic rings. The molecule has 0 atom stereocenters. The van der Waals surface area contributed by atoms with E-state index in [-0.39, 0.29) is 24.3 Å². The summed E-state index contributed by atoms with van der Waals surface area (Å²) in [5, 5.41) is 2.71. The molecule has 2 rings (SSSR count). The number of hydrogen-bond donors (Lipinski definition) is 1. The van der Waals surface area contributed by atoms with Gasteiger partial charge in [-0.2, -0.15) is 0 Å². The Labute approximate surface area is 118 Å². The Morgan fingerprint density at radius 2 is 1.80 bits per heavy atom. The Bertz CT molecular complexity index is 361. The second-order valence-electron chi connectivity index (χ2n) is 5.13. The van der Waals surface area contributed by atoms with Gasteiger partial charge in [0, 0.05) is 45.3 Å². The van der Waals surface area contributed by atoms with Crippen molar-refractivity contribution in [2.24, 2.45) is 5.92 Å². The van der Waals surface area contributed by atoms with Crippen molar-refractivity contribution in [3.8, 4) is 0 Å². The minimum absolute atomic E-state index is 0.0385. The number of carbonyl (C=O) groups excluding carboxylic acids is 3. The first-order chi connectivity index (χ1) is 9.70. The fourth-order valence-electron chi connectivity index (χ4n) is 2.46. The predicted octanol–water partition coefficient (Wildman–Crippen LogP) is -1.17. The zero-order valence-electron chi connectivity index (χ0n) is 11.5. The molecule has 2 saturated heterocycles. The van der Waals surface area contributed by atoms with Crippen molar-refractivity contribution in [1.29, 1.82) is 0 Å². The molecular formula is C13H21N3O4. The van der Waals surface area contributed by atoms with E-state index < -0.39 is 0 Å². The summed E-state index contributed by atoms with van der Waals surface area (Å²) in [6.45, 7) is 3.44. The number of nitrogens with zero attached hydrogens (tertiary/aromatic N) is 2. The monoisotopic (exact) mass is 283 g/mol.